The van der Waals surface area contributed by atoms with E-state index >= 15 is 0 Å². The van der Waals surface area contributed by atoms with Gasteiger partial charge >= 0.3 is 5.97 Å². The fourth-order valence-corrected chi connectivity index (χ4v) is 5.15. The van der Waals surface area contributed by atoms with Crippen molar-refractivity contribution >= 4 is 29.6 Å². The van der Waals surface area contributed by atoms with Crippen LogP contribution < -0.4 is 5.32 Å². The first-order valence-corrected chi connectivity index (χ1v) is 10.2. The molecule has 162 valence electrons. The van der Waals surface area contributed by atoms with Crippen molar-refractivity contribution in [3.05, 3.63) is 34.9 Å². The Morgan fingerprint density at radius 3 is 2.74 bits per heavy atom. The number of rotatable bonds is 3. The van der Waals surface area contributed by atoms with Crippen molar-refractivity contribution in [2.45, 2.75) is 25.4 Å². The Labute approximate surface area is 177 Å². The van der Waals surface area contributed by atoms with Crippen molar-refractivity contribution in [2.75, 3.05) is 26.3 Å². The van der Waals surface area contributed by atoms with Gasteiger partial charge in [-0.2, -0.15) is 0 Å². The highest BCUT2D eigenvalue weighted by Gasteiger charge is 2.57. The smallest absolute Gasteiger partial charge is 0.314 e. The fourth-order valence-electron chi connectivity index (χ4n) is 5.15. The zero-order valence-electron chi connectivity index (χ0n) is 16.6. The molecule has 0 aliphatic carbocycles. The van der Waals surface area contributed by atoms with E-state index in [2.05, 4.69) is 5.32 Å². The van der Waals surface area contributed by atoms with Gasteiger partial charge in [-0.05, 0) is 24.1 Å². The minimum absolute atomic E-state index is 0.0559. The summed E-state index contributed by atoms with van der Waals surface area (Å²) in [6.07, 6.45) is 0.388. The largest absolute Gasteiger partial charge is 0.481 e. The second-order valence-corrected chi connectivity index (χ2v) is 8.59. The number of carbonyl (C=O) groups is 5. The molecule has 4 aliphatic heterocycles. The van der Waals surface area contributed by atoms with Gasteiger partial charge in [0, 0.05) is 43.1 Å². The van der Waals surface area contributed by atoms with Gasteiger partial charge in [0.25, 0.3) is 11.8 Å². The van der Waals surface area contributed by atoms with Crippen LogP contribution in [0.3, 0.4) is 0 Å². The van der Waals surface area contributed by atoms with E-state index in [4.69, 9.17) is 4.74 Å². The normalized spacial score (nSPS) is 29.7. The van der Waals surface area contributed by atoms with E-state index in [1.807, 2.05) is 0 Å². The van der Waals surface area contributed by atoms with E-state index in [1.165, 1.54) is 9.80 Å². The Hall–Kier alpha value is -3.27. The Morgan fingerprint density at radius 2 is 2.03 bits per heavy atom. The van der Waals surface area contributed by atoms with Crippen LogP contribution in [0.5, 0.6) is 0 Å². The van der Waals surface area contributed by atoms with Crippen LogP contribution in [0.4, 0.5) is 0 Å². The summed E-state index contributed by atoms with van der Waals surface area (Å²) >= 11 is 0. The molecule has 10 heteroatoms. The third-order valence-electron chi connectivity index (χ3n) is 6.90. The predicted molar refractivity (Wildman–Crippen MR) is 103 cm³/mol. The maximum atomic E-state index is 13.3. The van der Waals surface area contributed by atoms with Gasteiger partial charge in [-0.3, -0.25) is 29.3 Å². The first kappa shape index (κ1) is 19.7. The quantitative estimate of drug-likeness (QED) is 0.628. The highest BCUT2D eigenvalue weighted by atomic mass is 16.5. The van der Waals surface area contributed by atoms with Crippen LogP contribution in [0.25, 0.3) is 0 Å². The summed E-state index contributed by atoms with van der Waals surface area (Å²) in [5.74, 6) is -2.80. The predicted octanol–water partition coefficient (Wildman–Crippen LogP) is -0.379. The zero-order valence-corrected chi connectivity index (χ0v) is 16.6. The van der Waals surface area contributed by atoms with Gasteiger partial charge < -0.3 is 19.6 Å². The number of fused-ring (bicyclic) bond motifs is 2. The Bertz CT molecular complexity index is 1040. The van der Waals surface area contributed by atoms with Gasteiger partial charge in [0.05, 0.1) is 13.2 Å². The Kier molecular flexibility index (Phi) is 4.37. The molecule has 2 N–H and O–H groups in total. The zero-order chi connectivity index (χ0) is 21.9. The third-order valence-corrected chi connectivity index (χ3v) is 6.90. The van der Waals surface area contributed by atoms with Crippen LogP contribution in [-0.2, 0) is 25.7 Å². The molecule has 0 aromatic heterocycles. The van der Waals surface area contributed by atoms with Crippen LogP contribution in [0, 0.1) is 11.3 Å². The number of imide groups is 1. The number of nitrogens with one attached hydrogen (secondary N) is 1. The first-order chi connectivity index (χ1) is 14.8. The Morgan fingerprint density at radius 1 is 1.23 bits per heavy atom. The van der Waals surface area contributed by atoms with Crippen molar-refractivity contribution in [3.63, 3.8) is 0 Å². The van der Waals surface area contributed by atoms with Crippen molar-refractivity contribution in [2.24, 2.45) is 11.3 Å². The summed E-state index contributed by atoms with van der Waals surface area (Å²) in [5.41, 5.74) is 0.121. The molecule has 1 unspecified atom stereocenters. The molecule has 3 atom stereocenters. The van der Waals surface area contributed by atoms with Crippen molar-refractivity contribution in [1.82, 2.24) is 15.1 Å². The van der Waals surface area contributed by atoms with Crippen molar-refractivity contribution in [3.8, 4) is 0 Å². The molecule has 5 rings (SSSR count). The molecule has 4 amide bonds. The van der Waals surface area contributed by atoms with E-state index in [-0.39, 0.29) is 62.7 Å². The second-order valence-electron chi connectivity index (χ2n) is 8.59. The molecular weight excluding hydrogens is 406 g/mol. The number of nitrogens with zero attached hydrogens (tertiary/aromatic N) is 2. The minimum Gasteiger partial charge on any atom is -0.481 e. The maximum absolute atomic E-state index is 13.3. The van der Waals surface area contributed by atoms with Crippen LogP contribution >= 0.6 is 0 Å². The lowest BCUT2D eigenvalue weighted by atomic mass is 9.81. The topological polar surface area (TPSA) is 133 Å². The lowest BCUT2D eigenvalue weighted by molar-refractivity contribution is -0.149. The summed E-state index contributed by atoms with van der Waals surface area (Å²) in [4.78, 5) is 64.8. The molecule has 0 radical (unpaired) electrons. The molecule has 1 aromatic rings. The number of aliphatic carboxylic acids is 1. The van der Waals surface area contributed by atoms with Crippen molar-refractivity contribution in [1.29, 1.82) is 0 Å². The highest BCUT2D eigenvalue weighted by Crippen LogP contribution is 2.42. The number of ether oxygens (including phenoxy) is 1. The molecule has 0 spiro atoms. The number of carbonyl (C=O) groups excluding carboxylic acids is 4. The number of carboxylic acids is 1. The summed E-state index contributed by atoms with van der Waals surface area (Å²) in [6.45, 7) is 0.795. The number of carboxylic acid groups (broad SMARTS) is 1. The summed E-state index contributed by atoms with van der Waals surface area (Å²) < 4.78 is 5.36. The van der Waals surface area contributed by atoms with Gasteiger partial charge in [-0.1, -0.05) is 6.07 Å². The number of hydrogen-bond acceptors (Lipinski definition) is 6. The molecule has 4 aliphatic rings. The third kappa shape index (κ3) is 2.85. The van der Waals surface area contributed by atoms with Gasteiger partial charge in [-0.15, -0.1) is 0 Å². The van der Waals surface area contributed by atoms with E-state index in [1.54, 1.807) is 18.2 Å². The molecule has 1 aromatic carbocycles. The van der Waals surface area contributed by atoms with Crippen LogP contribution in [-0.4, -0.2) is 76.8 Å². The van der Waals surface area contributed by atoms with E-state index < -0.39 is 23.3 Å². The average Bonchev–Trinajstić information content (AvgIpc) is 3.39. The summed E-state index contributed by atoms with van der Waals surface area (Å²) in [5, 5.41) is 12.0. The highest BCUT2D eigenvalue weighted by molar-refractivity contribution is 6.08. The molecule has 3 saturated heterocycles. The maximum Gasteiger partial charge on any atom is 0.314 e. The monoisotopic (exact) mass is 427 g/mol. The molecular formula is C21H21N3O7. The average molecular weight is 427 g/mol. The van der Waals surface area contributed by atoms with Crippen molar-refractivity contribution < 1.29 is 33.8 Å². The number of hydrogen-bond donors (Lipinski definition) is 2. The lowest BCUT2D eigenvalue weighted by Crippen LogP contribution is -2.52. The second kappa shape index (κ2) is 6.88. The standard InChI is InChI=1S/C21H21N3O7/c25-16-5-4-15(17(26)22-16)24-7-14-12(2-1-3-13(14)19(24)28)18(27)23-6-11-8-31-10-21(11,9-23)20(29)30/h1-3,11,15H,4-10H2,(H,29,30)(H,22,25,26)/t11-,15?,21-/m1/s1. The van der Waals surface area contributed by atoms with E-state index in [0.29, 0.717) is 23.3 Å². The minimum atomic E-state index is -1.10. The molecule has 0 saturated carbocycles. The number of piperidine rings is 1. The molecule has 10 nitrogen and oxygen atoms in total. The first-order valence-electron chi connectivity index (χ1n) is 10.2. The molecule has 3 fully saturated rings. The van der Waals surface area contributed by atoms with E-state index in [0.717, 1.165) is 0 Å². The Balaban J connectivity index is 1.41. The van der Waals surface area contributed by atoms with Gasteiger partial charge in [-0.25, -0.2) is 0 Å². The fraction of sp³-hybridized carbons (Fsp3) is 0.476. The molecule has 31 heavy (non-hydrogen) atoms. The molecule has 4 heterocycles. The van der Waals surface area contributed by atoms with Gasteiger partial charge in [0.2, 0.25) is 11.8 Å². The van der Waals surface area contributed by atoms with Gasteiger partial charge in [0.15, 0.2) is 0 Å². The SMILES string of the molecule is O=C1CCC(N2Cc3c(C(=O)N4C[C@@H]5COC[C@]5(C(=O)O)C4)cccc3C2=O)C(=O)N1. The van der Waals surface area contributed by atoms with E-state index in [9.17, 15) is 29.1 Å². The number of likely N-dealkylation sites (tertiary alicyclic amines) is 1. The van der Waals surface area contributed by atoms with Crippen LogP contribution in [0.2, 0.25) is 0 Å². The lowest BCUT2D eigenvalue weighted by Gasteiger charge is -2.29. The van der Waals surface area contributed by atoms with Crippen LogP contribution in [0.1, 0.15) is 39.1 Å². The molecule has 0 bridgehead atoms. The summed E-state index contributed by atoms with van der Waals surface area (Å²) in [7, 11) is 0. The number of benzene rings is 1. The number of amides is 4. The van der Waals surface area contributed by atoms with Gasteiger partial charge in [0.1, 0.15) is 11.5 Å². The van der Waals surface area contributed by atoms with Crippen LogP contribution in [0.15, 0.2) is 18.2 Å². The summed E-state index contributed by atoms with van der Waals surface area (Å²) in [6, 6.07) is 4.09.